The number of benzene rings is 1. The van der Waals surface area contributed by atoms with Crippen molar-refractivity contribution in [2.45, 2.75) is 123 Å². The summed E-state index contributed by atoms with van der Waals surface area (Å²) < 4.78 is 20.7. The molecule has 202 valence electrons. The summed E-state index contributed by atoms with van der Waals surface area (Å²) in [4.78, 5) is 0. The molecule has 7 heteroatoms. The van der Waals surface area contributed by atoms with Gasteiger partial charge in [-0.05, 0) is 73.4 Å². The molecule has 4 nitrogen and oxygen atoms in total. The van der Waals surface area contributed by atoms with Crippen molar-refractivity contribution in [3.05, 3.63) is 23.8 Å². The molecule has 0 heterocycles. The molecule has 0 saturated heterocycles. The maximum atomic E-state index is 6.90. The van der Waals surface area contributed by atoms with Gasteiger partial charge in [0.05, 0.1) is 0 Å². The first kappa shape index (κ1) is 32.0. The fourth-order valence-corrected chi connectivity index (χ4v) is 5.59. The van der Waals surface area contributed by atoms with Crippen molar-refractivity contribution < 1.29 is 13.3 Å². The highest BCUT2D eigenvalue weighted by Crippen LogP contribution is 2.47. The van der Waals surface area contributed by atoms with Crippen LogP contribution in [0.25, 0.3) is 6.08 Å². The summed E-state index contributed by atoms with van der Waals surface area (Å²) in [5.41, 5.74) is 6.80. The Hall–Kier alpha value is -1.03. The Morgan fingerprint density at radius 1 is 0.629 bits per heavy atom. The van der Waals surface area contributed by atoms with E-state index in [1.165, 1.54) is 0 Å². The molecule has 0 aliphatic heterocycles. The molecule has 0 unspecified atom stereocenters. The molecule has 0 amide bonds. The van der Waals surface area contributed by atoms with Gasteiger partial charge in [-0.1, -0.05) is 74.5 Å². The highest BCUT2D eigenvalue weighted by molar-refractivity contribution is 6.76. The van der Waals surface area contributed by atoms with Crippen molar-refractivity contribution >= 4 is 31.0 Å². The zero-order valence-corrected chi connectivity index (χ0v) is 28.5. The van der Waals surface area contributed by atoms with Gasteiger partial charge in [-0.3, -0.25) is 0 Å². The monoisotopic (exact) mass is 537 g/mol. The smallest absolute Gasteiger partial charge is 0.250 e. The molecule has 1 rings (SSSR count). The molecular formula is C28H55NO3Si3. The Balaban J connectivity index is 3.83. The number of nitrogens with two attached hydrogens (primary N) is 1. The summed E-state index contributed by atoms with van der Waals surface area (Å²) in [6.45, 7) is 34.7. The SMILES string of the molecule is CC(C)(C)[Si](C)(C)Oc1cc(O[Si](C)(C)C(C)(C)C)c(O[Si](C)(C)C(C)(C)C)cc1C=CCCN. The summed E-state index contributed by atoms with van der Waals surface area (Å²) in [7, 11) is -6.27. The molecule has 0 spiro atoms. The largest absolute Gasteiger partial charge is 0.543 e. The van der Waals surface area contributed by atoms with E-state index in [0.717, 1.165) is 29.2 Å². The first-order valence-electron chi connectivity index (χ1n) is 13.1. The molecule has 35 heavy (non-hydrogen) atoms. The molecule has 0 saturated carbocycles. The van der Waals surface area contributed by atoms with Crippen molar-refractivity contribution in [2.75, 3.05) is 6.54 Å². The van der Waals surface area contributed by atoms with E-state index in [9.17, 15) is 0 Å². The van der Waals surface area contributed by atoms with Crippen LogP contribution in [0, 0.1) is 0 Å². The second kappa shape index (κ2) is 10.8. The highest BCUT2D eigenvalue weighted by atomic mass is 28.4. The standard InChI is InChI=1S/C28H55NO3Si3/c1-26(2,3)33(10,11)30-23-21-25(32-35(14,15)28(7,8)9)24(20-22(23)18-16-17-19-29)31-34(12,13)27(4,5)6/h16,18,20-21H,17,19,29H2,1-15H3. The number of rotatable bonds is 9. The van der Waals surface area contributed by atoms with Crippen LogP contribution < -0.4 is 19.0 Å². The lowest BCUT2D eigenvalue weighted by atomic mass is 10.1. The van der Waals surface area contributed by atoms with Crippen molar-refractivity contribution in [3.8, 4) is 17.2 Å². The molecule has 1 aromatic carbocycles. The molecule has 1 aromatic rings. The Morgan fingerprint density at radius 2 is 0.971 bits per heavy atom. The predicted octanol–water partition coefficient (Wildman–Crippen LogP) is 9.20. The third kappa shape index (κ3) is 8.23. The van der Waals surface area contributed by atoms with Crippen LogP contribution in [0.5, 0.6) is 17.2 Å². The maximum absolute atomic E-state index is 6.90. The summed E-state index contributed by atoms with van der Waals surface area (Å²) in [5.74, 6) is 2.52. The Morgan fingerprint density at radius 3 is 1.31 bits per heavy atom. The van der Waals surface area contributed by atoms with Crippen LogP contribution in [0.2, 0.25) is 54.4 Å². The van der Waals surface area contributed by atoms with Gasteiger partial charge in [-0.15, -0.1) is 0 Å². The Kier molecular flexibility index (Phi) is 9.84. The van der Waals surface area contributed by atoms with Crippen molar-refractivity contribution in [1.29, 1.82) is 0 Å². The molecular weight excluding hydrogens is 483 g/mol. The van der Waals surface area contributed by atoms with Gasteiger partial charge >= 0.3 is 0 Å². The second-order valence-electron chi connectivity index (χ2n) is 14.4. The lowest BCUT2D eigenvalue weighted by molar-refractivity contribution is 0.434. The van der Waals surface area contributed by atoms with Gasteiger partial charge in [-0.2, -0.15) is 0 Å². The average Bonchev–Trinajstić information content (AvgIpc) is 2.61. The molecule has 0 atom stereocenters. The van der Waals surface area contributed by atoms with Crippen molar-refractivity contribution in [3.63, 3.8) is 0 Å². The lowest BCUT2D eigenvalue weighted by Crippen LogP contribution is -2.46. The Labute approximate surface area is 220 Å². The minimum absolute atomic E-state index is 0.0708. The molecule has 0 fully saturated rings. The minimum atomic E-state index is -2.11. The van der Waals surface area contributed by atoms with E-state index in [-0.39, 0.29) is 15.1 Å². The van der Waals surface area contributed by atoms with Crippen molar-refractivity contribution in [2.24, 2.45) is 5.73 Å². The zero-order valence-electron chi connectivity index (χ0n) is 25.5. The summed E-state index contributed by atoms with van der Waals surface area (Å²) in [5, 5.41) is 0.233. The molecule has 2 N–H and O–H groups in total. The van der Waals surface area contributed by atoms with Gasteiger partial charge < -0.3 is 19.0 Å². The van der Waals surface area contributed by atoms with E-state index < -0.39 is 25.0 Å². The third-order valence-corrected chi connectivity index (χ3v) is 21.2. The Bertz CT molecular complexity index is 886. The van der Waals surface area contributed by atoms with Crippen LogP contribution in [-0.2, 0) is 0 Å². The van der Waals surface area contributed by atoms with Gasteiger partial charge in [-0.25, -0.2) is 0 Å². The van der Waals surface area contributed by atoms with Crippen LogP contribution in [0.15, 0.2) is 18.2 Å². The van der Waals surface area contributed by atoms with Gasteiger partial charge in [0.1, 0.15) is 17.2 Å². The number of hydrogen-bond donors (Lipinski definition) is 1. The van der Waals surface area contributed by atoms with Crippen molar-refractivity contribution in [1.82, 2.24) is 0 Å². The topological polar surface area (TPSA) is 53.7 Å². The molecule has 0 bridgehead atoms. The lowest BCUT2D eigenvalue weighted by Gasteiger charge is -2.40. The van der Waals surface area contributed by atoms with Crippen LogP contribution in [0.3, 0.4) is 0 Å². The average molecular weight is 538 g/mol. The van der Waals surface area contributed by atoms with E-state index in [1.54, 1.807) is 0 Å². The van der Waals surface area contributed by atoms with Gasteiger partial charge in [0.15, 0.2) is 0 Å². The van der Waals surface area contributed by atoms with Crippen LogP contribution in [0.1, 0.15) is 74.3 Å². The summed E-state index contributed by atoms with van der Waals surface area (Å²) >= 11 is 0. The highest BCUT2D eigenvalue weighted by Gasteiger charge is 2.43. The molecule has 0 aliphatic rings. The molecule has 0 aliphatic carbocycles. The van der Waals surface area contributed by atoms with Crippen LogP contribution in [-0.4, -0.2) is 31.5 Å². The maximum Gasteiger partial charge on any atom is 0.250 e. The molecule has 0 radical (unpaired) electrons. The van der Waals surface area contributed by atoms with Gasteiger partial charge in [0.25, 0.3) is 25.0 Å². The van der Waals surface area contributed by atoms with Crippen LogP contribution in [0.4, 0.5) is 0 Å². The van der Waals surface area contributed by atoms with E-state index in [1.807, 2.05) is 0 Å². The summed E-state index contributed by atoms with van der Waals surface area (Å²) in [6, 6.07) is 4.24. The first-order chi connectivity index (χ1) is 15.5. The van der Waals surface area contributed by atoms with Crippen LogP contribution >= 0.6 is 0 Å². The minimum Gasteiger partial charge on any atom is -0.543 e. The fraction of sp³-hybridized carbons (Fsp3) is 0.714. The van der Waals surface area contributed by atoms with Gasteiger partial charge in [0, 0.05) is 11.6 Å². The second-order valence-corrected chi connectivity index (χ2v) is 28.6. The quantitative estimate of drug-likeness (QED) is 0.319. The van der Waals surface area contributed by atoms with E-state index in [4.69, 9.17) is 19.0 Å². The zero-order chi connectivity index (χ0) is 27.7. The third-order valence-electron chi connectivity index (χ3n) is 8.22. The van der Waals surface area contributed by atoms with E-state index >= 15 is 0 Å². The normalized spacial score (nSPS) is 14.4. The fourth-order valence-electron chi connectivity index (χ4n) is 2.53. The first-order valence-corrected chi connectivity index (χ1v) is 21.8. The number of hydrogen-bond acceptors (Lipinski definition) is 4. The summed E-state index contributed by atoms with van der Waals surface area (Å²) in [6.07, 6.45) is 5.07. The predicted molar refractivity (Wildman–Crippen MR) is 163 cm³/mol. The molecule has 0 aromatic heterocycles. The van der Waals surface area contributed by atoms with E-state index in [0.29, 0.717) is 6.54 Å². The van der Waals surface area contributed by atoms with E-state index in [2.05, 4.69) is 126 Å². The van der Waals surface area contributed by atoms with Gasteiger partial charge in [0.2, 0.25) is 0 Å².